The van der Waals surface area contributed by atoms with Crippen molar-refractivity contribution >= 4 is 6.08 Å². The second-order valence-electron chi connectivity index (χ2n) is 5.09. The lowest BCUT2D eigenvalue weighted by Crippen LogP contribution is -2.18. The first-order chi connectivity index (χ1) is 9.42. The first-order valence-corrected chi connectivity index (χ1v) is 6.94. The molecule has 0 radical (unpaired) electrons. The lowest BCUT2D eigenvalue weighted by Gasteiger charge is -2.16. The summed E-state index contributed by atoms with van der Waals surface area (Å²) >= 11 is 0. The highest BCUT2D eigenvalue weighted by Crippen LogP contribution is 2.23. The third kappa shape index (κ3) is 3.12. The van der Waals surface area contributed by atoms with Crippen molar-refractivity contribution in [3.05, 3.63) is 76.9 Å². The number of nitrogens with one attached hydrogen (secondary N) is 1. The molecule has 1 N–H and O–H groups in total. The SMILES string of the molecule is C1=C(CNCc2ccccc2)CCc2ccccc21. The second-order valence-corrected chi connectivity index (χ2v) is 5.09. The van der Waals surface area contributed by atoms with Gasteiger partial charge in [0, 0.05) is 13.1 Å². The molecule has 3 rings (SSSR count). The minimum Gasteiger partial charge on any atom is -0.309 e. The van der Waals surface area contributed by atoms with Crippen LogP contribution in [-0.2, 0) is 13.0 Å². The summed E-state index contributed by atoms with van der Waals surface area (Å²) in [5, 5.41) is 3.53. The first kappa shape index (κ1) is 12.2. The van der Waals surface area contributed by atoms with Crippen molar-refractivity contribution in [1.29, 1.82) is 0 Å². The summed E-state index contributed by atoms with van der Waals surface area (Å²) in [7, 11) is 0. The molecular formula is C18H19N. The fraction of sp³-hybridized carbons (Fsp3) is 0.222. The molecule has 0 atom stereocenters. The molecule has 0 spiro atoms. The maximum absolute atomic E-state index is 3.53. The van der Waals surface area contributed by atoms with E-state index in [0.29, 0.717) is 0 Å². The first-order valence-electron chi connectivity index (χ1n) is 6.94. The van der Waals surface area contributed by atoms with Gasteiger partial charge in [-0.2, -0.15) is 0 Å². The van der Waals surface area contributed by atoms with Crippen molar-refractivity contribution < 1.29 is 0 Å². The molecule has 2 aromatic rings. The average molecular weight is 249 g/mol. The fourth-order valence-electron chi connectivity index (χ4n) is 2.59. The van der Waals surface area contributed by atoms with E-state index in [2.05, 4.69) is 66.0 Å². The van der Waals surface area contributed by atoms with E-state index < -0.39 is 0 Å². The minimum atomic E-state index is 0.944. The van der Waals surface area contributed by atoms with Gasteiger partial charge in [0.2, 0.25) is 0 Å². The predicted octanol–water partition coefficient (Wildman–Crippen LogP) is 3.81. The Bertz CT molecular complexity index is 569. The molecule has 0 heterocycles. The van der Waals surface area contributed by atoms with E-state index in [1.807, 2.05) is 0 Å². The number of rotatable bonds is 4. The van der Waals surface area contributed by atoms with Gasteiger partial charge in [0.15, 0.2) is 0 Å². The van der Waals surface area contributed by atoms with Crippen LogP contribution in [0.25, 0.3) is 6.08 Å². The molecule has 0 bridgehead atoms. The molecule has 0 fully saturated rings. The van der Waals surface area contributed by atoms with Crippen LogP contribution in [0.4, 0.5) is 0 Å². The van der Waals surface area contributed by atoms with Crippen LogP contribution in [0.1, 0.15) is 23.1 Å². The molecule has 19 heavy (non-hydrogen) atoms. The van der Waals surface area contributed by atoms with Crippen molar-refractivity contribution in [2.75, 3.05) is 6.54 Å². The van der Waals surface area contributed by atoms with Crippen LogP contribution in [-0.4, -0.2) is 6.54 Å². The van der Waals surface area contributed by atoms with Crippen LogP contribution in [0.2, 0.25) is 0 Å². The Balaban J connectivity index is 1.58. The zero-order chi connectivity index (χ0) is 12.9. The summed E-state index contributed by atoms with van der Waals surface area (Å²) in [5.41, 5.74) is 5.73. The molecule has 1 aliphatic rings. The number of hydrogen-bond donors (Lipinski definition) is 1. The van der Waals surface area contributed by atoms with Gasteiger partial charge >= 0.3 is 0 Å². The van der Waals surface area contributed by atoms with Gasteiger partial charge in [0.05, 0.1) is 0 Å². The minimum absolute atomic E-state index is 0.944. The van der Waals surface area contributed by atoms with Crippen molar-refractivity contribution in [3.63, 3.8) is 0 Å². The molecule has 0 amide bonds. The molecular weight excluding hydrogens is 230 g/mol. The molecule has 0 saturated heterocycles. The lowest BCUT2D eigenvalue weighted by atomic mass is 9.92. The highest BCUT2D eigenvalue weighted by atomic mass is 14.8. The van der Waals surface area contributed by atoms with Gasteiger partial charge < -0.3 is 5.32 Å². The predicted molar refractivity (Wildman–Crippen MR) is 80.9 cm³/mol. The largest absolute Gasteiger partial charge is 0.309 e. The van der Waals surface area contributed by atoms with E-state index in [-0.39, 0.29) is 0 Å². The monoisotopic (exact) mass is 249 g/mol. The Morgan fingerprint density at radius 1 is 0.789 bits per heavy atom. The Morgan fingerprint density at radius 3 is 2.47 bits per heavy atom. The molecule has 1 nitrogen and oxygen atoms in total. The van der Waals surface area contributed by atoms with Gasteiger partial charge in [0.1, 0.15) is 0 Å². The van der Waals surface area contributed by atoms with E-state index in [0.717, 1.165) is 13.1 Å². The summed E-state index contributed by atoms with van der Waals surface area (Å²) in [6.45, 7) is 1.93. The van der Waals surface area contributed by atoms with E-state index in [4.69, 9.17) is 0 Å². The Labute approximate surface area is 115 Å². The van der Waals surface area contributed by atoms with Gasteiger partial charge in [-0.05, 0) is 29.5 Å². The molecule has 96 valence electrons. The summed E-state index contributed by atoms with van der Waals surface area (Å²) in [4.78, 5) is 0. The second kappa shape index (κ2) is 5.85. The molecule has 0 aromatic heterocycles. The van der Waals surface area contributed by atoms with Gasteiger partial charge in [-0.25, -0.2) is 0 Å². The van der Waals surface area contributed by atoms with Crippen molar-refractivity contribution in [3.8, 4) is 0 Å². The molecule has 0 aliphatic heterocycles. The topological polar surface area (TPSA) is 12.0 Å². The third-order valence-corrected chi connectivity index (χ3v) is 3.65. The van der Waals surface area contributed by atoms with E-state index >= 15 is 0 Å². The normalized spacial score (nSPS) is 13.8. The van der Waals surface area contributed by atoms with Crippen molar-refractivity contribution in [2.24, 2.45) is 0 Å². The molecule has 0 saturated carbocycles. The van der Waals surface area contributed by atoms with Gasteiger partial charge in [0.25, 0.3) is 0 Å². The summed E-state index contributed by atoms with van der Waals surface area (Å²) < 4.78 is 0. The standard InChI is InChI=1S/C18H19N/c1-2-6-15(7-3-1)13-19-14-16-10-11-17-8-4-5-9-18(17)12-16/h1-9,12,19H,10-11,13-14H2. The quantitative estimate of drug-likeness (QED) is 0.869. The molecule has 2 aromatic carbocycles. The summed E-state index contributed by atoms with van der Waals surface area (Å²) in [5.74, 6) is 0. The van der Waals surface area contributed by atoms with Gasteiger partial charge in [-0.1, -0.05) is 66.2 Å². The van der Waals surface area contributed by atoms with Crippen molar-refractivity contribution in [2.45, 2.75) is 19.4 Å². The fourth-order valence-corrected chi connectivity index (χ4v) is 2.59. The van der Waals surface area contributed by atoms with Crippen LogP contribution in [0, 0.1) is 0 Å². The van der Waals surface area contributed by atoms with Crippen LogP contribution < -0.4 is 5.32 Å². The smallest absolute Gasteiger partial charge is 0.0208 e. The van der Waals surface area contributed by atoms with Crippen LogP contribution in [0.15, 0.2) is 60.2 Å². The van der Waals surface area contributed by atoms with Gasteiger partial charge in [-0.3, -0.25) is 0 Å². The maximum atomic E-state index is 3.53. The number of hydrogen-bond acceptors (Lipinski definition) is 1. The van der Waals surface area contributed by atoms with E-state index in [1.54, 1.807) is 0 Å². The van der Waals surface area contributed by atoms with Crippen molar-refractivity contribution in [1.82, 2.24) is 5.32 Å². The van der Waals surface area contributed by atoms with Gasteiger partial charge in [-0.15, -0.1) is 0 Å². The lowest BCUT2D eigenvalue weighted by molar-refractivity contribution is 0.715. The zero-order valence-corrected chi connectivity index (χ0v) is 11.1. The highest BCUT2D eigenvalue weighted by molar-refractivity contribution is 5.59. The third-order valence-electron chi connectivity index (χ3n) is 3.65. The Kier molecular flexibility index (Phi) is 3.75. The number of fused-ring (bicyclic) bond motifs is 1. The number of benzene rings is 2. The van der Waals surface area contributed by atoms with E-state index in [9.17, 15) is 0 Å². The summed E-state index contributed by atoms with van der Waals surface area (Å²) in [6.07, 6.45) is 4.70. The molecule has 1 heteroatoms. The average Bonchev–Trinajstić information content (AvgIpc) is 2.48. The molecule has 0 unspecified atom stereocenters. The maximum Gasteiger partial charge on any atom is 0.0208 e. The van der Waals surface area contributed by atoms with Crippen LogP contribution in [0.5, 0.6) is 0 Å². The van der Waals surface area contributed by atoms with Crippen LogP contribution >= 0.6 is 0 Å². The van der Waals surface area contributed by atoms with Crippen LogP contribution in [0.3, 0.4) is 0 Å². The summed E-state index contributed by atoms with van der Waals surface area (Å²) in [6, 6.07) is 19.3. The highest BCUT2D eigenvalue weighted by Gasteiger charge is 2.08. The van der Waals surface area contributed by atoms with E-state index in [1.165, 1.54) is 35.1 Å². The Hall–Kier alpha value is -1.86. The number of aryl methyl sites for hydroxylation is 1. The zero-order valence-electron chi connectivity index (χ0n) is 11.1. The molecule has 1 aliphatic carbocycles. The Morgan fingerprint density at radius 2 is 1.58 bits per heavy atom.